The van der Waals surface area contributed by atoms with Gasteiger partial charge < -0.3 is 10.2 Å². The second-order valence-electron chi connectivity index (χ2n) is 5.23. The van der Waals surface area contributed by atoms with Crippen LogP contribution in [0.2, 0.25) is 0 Å². The van der Waals surface area contributed by atoms with Crippen LogP contribution in [0.5, 0.6) is 0 Å². The average Bonchev–Trinajstić information content (AvgIpc) is 2.46. The van der Waals surface area contributed by atoms with Crippen molar-refractivity contribution in [3.63, 3.8) is 0 Å². The van der Waals surface area contributed by atoms with Gasteiger partial charge in [-0.15, -0.1) is 0 Å². The standard InChI is InChI=1S/C17H21N3O/c1-13-7-8-18-10-16(13)11-19-17-6-4-5-15(9-17)12-20(3)14(2)21/h4-10,19H,11-12H2,1-3H3. The number of nitrogens with zero attached hydrogens (tertiary/aromatic N) is 2. The molecule has 0 bridgehead atoms. The van der Waals surface area contributed by atoms with Crippen LogP contribution in [0.25, 0.3) is 0 Å². The molecule has 0 spiro atoms. The summed E-state index contributed by atoms with van der Waals surface area (Å²) in [5.74, 6) is 0.0688. The summed E-state index contributed by atoms with van der Waals surface area (Å²) in [6, 6.07) is 10.1. The summed E-state index contributed by atoms with van der Waals surface area (Å²) in [6.07, 6.45) is 3.69. The van der Waals surface area contributed by atoms with Gasteiger partial charge >= 0.3 is 0 Å². The molecule has 0 aliphatic rings. The number of aromatic nitrogens is 1. The van der Waals surface area contributed by atoms with Gasteiger partial charge in [-0.1, -0.05) is 12.1 Å². The van der Waals surface area contributed by atoms with E-state index < -0.39 is 0 Å². The van der Waals surface area contributed by atoms with E-state index in [1.807, 2.05) is 30.5 Å². The normalized spacial score (nSPS) is 10.2. The highest BCUT2D eigenvalue weighted by Crippen LogP contribution is 2.14. The first-order valence-corrected chi connectivity index (χ1v) is 7.00. The van der Waals surface area contributed by atoms with Gasteiger partial charge in [0.25, 0.3) is 0 Å². The summed E-state index contributed by atoms with van der Waals surface area (Å²) < 4.78 is 0. The van der Waals surface area contributed by atoms with Gasteiger partial charge in [0.1, 0.15) is 0 Å². The number of aryl methyl sites for hydroxylation is 1. The first-order chi connectivity index (χ1) is 10.1. The molecule has 0 fully saturated rings. The van der Waals surface area contributed by atoms with Crippen LogP contribution in [-0.4, -0.2) is 22.8 Å². The van der Waals surface area contributed by atoms with Gasteiger partial charge in [-0.05, 0) is 41.8 Å². The van der Waals surface area contributed by atoms with E-state index in [0.717, 1.165) is 17.8 Å². The maximum atomic E-state index is 11.3. The predicted octanol–water partition coefficient (Wildman–Crippen LogP) is 2.98. The van der Waals surface area contributed by atoms with Crippen molar-refractivity contribution >= 4 is 11.6 Å². The minimum atomic E-state index is 0.0688. The van der Waals surface area contributed by atoms with Crippen molar-refractivity contribution in [2.24, 2.45) is 0 Å². The third-order valence-corrected chi connectivity index (χ3v) is 3.51. The van der Waals surface area contributed by atoms with Gasteiger partial charge in [-0.2, -0.15) is 0 Å². The van der Waals surface area contributed by atoms with E-state index in [0.29, 0.717) is 6.54 Å². The van der Waals surface area contributed by atoms with Crippen LogP contribution in [0.1, 0.15) is 23.6 Å². The molecule has 0 aliphatic carbocycles. The third kappa shape index (κ3) is 4.31. The second-order valence-corrected chi connectivity index (χ2v) is 5.23. The summed E-state index contributed by atoms with van der Waals surface area (Å²) in [5.41, 5.74) is 4.57. The molecule has 110 valence electrons. The predicted molar refractivity (Wildman–Crippen MR) is 84.9 cm³/mol. The SMILES string of the molecule is CC(=O)N(C)Cc1cccc(NCc2cnccc2C)c1. The molecule has 1 N–H and O–H groups in total. The van der Waals surface area contributed by atoms with Crippen LogP contribution in [0.3, 0.4) is 0 Å². The van der Waals surface area contributed by atoms with Crippen LogP contribution in [0.15, 0.2) is 42.7 Å². The molecule has 1 amide bonds. The Balaban J connectivity index is 2.01. The molecule has 21 heavy (non-hydrogen) atoms. The van der Waals surface area contributed by atoms with Crippen molar-refractivity contribution in [2.45, 2.75) is 26.9 Å². The van der Waals surface area contributed by atoms with E-state index >= 15 is 0 Å². The zero-order valence-electron chi connectivity index (χ0n) is 12.8. The second kappa shape index (κ2) is 6.88. The number of nitrogens with one attached hydrogen (secondary N) is 1. The number of carbonyl (C=O) groups is 1. The van der Waals surface area contributed by atoms with Crippen LogP contribution in [0.4, 0.5) is 5.69 Å². The molecule has 4 nitrogen and oxygen atoms in total. The van der Waals surface area contributed by atoms with Crippen molar-refractivity contribution in [2.75, 3.05) is 12.4 Å². The van der Waals surface area contributed by atoms with E-state index in [1.165, 1.54) is 11.1 Å². The Morgan fingerprint density at radius 3 is 2.86 bits per heavy atom. The fourth-order valence-electron chi connectivity index (χ4n) is 2.04. The van der Waals surface area contributed by atoms with Gasteiger partial charge in [0.15, 0.2) is 0 Å². The molecule has 0 radical (unpaired) electrons. The lowest BCUT2D eigenvalue weighted by atomic mass is 10.1. The first-order valence-electron chi connectivity index (χ1n) is 7.00. The highest BCUT2D eigenvalue weighted by atomic mass is 16.2. The fraction of sp³-hybridized carbons (Fsp3) is 0.294. The Morgan fingerprint density at radius 2 is 2.14 bits per heavy atom. The minimum absolute atomic E-state index is 0.0688. The zero-order chi connectivity index (χ0) is 15.2. The molecule has 0 unspecified atom stereocenters. The highest BCUT2D eigenvalue weighted by molar-refractivity contribution is 5.72. The number of benzene rings is 1. The molecule has 1 heterocycles. The summed E-state index contributed by atoms with van der Waals surface area (Å²) in [4.78, 5) is 17.1. The third-order valence-electron chi connectivity index (χ3n) is 3.51. The van der Waals surface area contributed by atoms with E-state index in [2.05, 4.69) is 23.3 Å². The Kier molecular flexibility index (Phi) is 4.93. The maximum Gasteiger partial charge on any atom is 0.219 e. The van der Waals surface area contributed by atoms with Crippen LogP contribution < -0.4 is 5.32 Å². The molecule has 0 atom stereocenters. The molecule has 2 aromatic rings. The number of amides is 1. The maximum absolute atomic E-state index is 11.3. The largest absolute Gasteiger partial charge is 0.381 e. The number of hydrogen-bond donors (Lipinski definition) is 1. The number of rotatable bonds is 5. The van der Waals surface area contributed by atoms with Crippen molar-refractivity contribution in [1.29, 1.82) is 0 Å². The lowest BCUT2D eigenvalue weighted by Crippen LogP contribution is -2.23. The van der Waals surface area contributed by atoms with Gasteiger partial charge in [-0.3, -0.25) is 9.78 Å². The van der Waals surface area contributed by atoms with Gasteiger partial charge in [-0.25, -0.2) is 0 Å². The number of pyridine rings is 1. The Hall–Kier alpha value is -2.36. The van der Waals surface area contributed by atoms with Gasteiger partial charge in [0.05, 0.1) is 0 Å². The van der Waals surface area contributed by atoms with Crippen LogP contribution in [-0.2, 0) is 17.9 Å². The summed E-state index contributed by atoms with van der Waals surface area (Å²) >= 11 is 0. The number of carbonyl (C=O) groups excluding carboxylic acids is 1. The lowest BCUT2D eigenvalue weighted by molar-refractivity contribution is -0.128. The first kappa shape index (κ1) is 15.0. The molecule has 0 aliphatic heterocycles. The monoisotopic (exact) mass is 283 g/mol. The van der Waals surface area contributed by atoms with Crippen LogP contribution >= 0.6 is 0 Å². The summed E-state index contributed by atoms with van der Waals surface area (Å²) in [6.45, 7) is 5.02. The Morgan fingerprint density at radius 1 is 1.33 bits per heavy atom. The minimum Gasteiger partial charge on any atom is -0.381 e. The smallest absolute Gasteiger partial charge is 0.219 e. The summed E-state index contributed by atoms with van der Waals surface area (Å²) in [7, 11) is 1.81. The van der Waals surface area contributed by atoms with Gasteiger partial charge in [0.2, 0.25) is 5.91 Å². The highest BCUT2D eigenvalue weighted by Gasteiger charge is 2.04. The van der Waals surface area contributed by atoms with Crippen molar-refractivity contribution in [3.8, 4) is 0 Å². The molecular formula is C17H21N3O. The van der Waals surface area contributed by atoms with E-state index in [4.69, 9.17) is 0 Å². The molecule has 4 heteroatoms. The van der Waals surface area contributed by atoms with E-state index in [9.17, 15) is 4.79 Å². The molecule has 1 aromatic heterocycles. The van der Waals surface area contributed by atoms with Crippen molar-refractivity contribution in [3.05, 3.63) is 59.4 Å². The molecular weight excluding hydrogens is 262 g/mol. The molecule has 1 aromatic carbocycles. The van der Waals surface area contributed by atoms with E-state index in [-0.39, 0.29) is 5.91 Å². The lowest BCUT2D eigenvalue weighted by Gasteiger charge is -2.16. The quantitative estimate of drug-likeness (QED) is 0.917. The van der Waals surface area contributed by atoms with Crippen molar-refractivity contribution < 1.29 is 4.79 Å². The fourth-order valence-corrected chi connectivity index (χ4v) is 2.04. The molecule has 0 saturated heterocycles. The van der Waals surface area contributed by atoms with Crippen molar-refractivity contribution in [1.82, 2.24) is 9.88 Å². The van der Waals surface area contributed by atoms with Gasteiger partial charge in [0, 0.05) is 45.1 Å². The number of anilines is 1. The summed E-state index contributed by atoms with van der Waals surface area (Å²) in [5, 5.41) is 3.40. The molecule has 0 saturated carbocycles. The Bertz CT molecular complexity index is 625. The zero-order valence-corrected chi connectivity index (χ0v) is 12.8. The number of hydrogen-bond acceptors (Lipinski definition) is 3. The Labute approximate surface area is 125 Å². The topological polar surface area (TPSA) is 45.2 Å². The molecule has 2 rings (SSSR count). The average molecular weight is 283 g/mol. The van der Waals surface area contributed by atoms with E-state index in [1.54, 1.807) is 25.1 Å². The van der Waals surface area contributed by atoms with Crippen LogP contribution in [0, 0.1) is 6.92 Å².